The number of carboxylic acids is 1. The molecule has 0 saturated carbocycles. The van der Waals surface area contributed by atoms with Crippen LogP contribution >= 0.6 is 0 Å². The molecule has 0 aromatic heterocycles. The Morgan fingerprint density at radius 3 is 1.77 bits per heavy atom. The molecule has 0 radical (unpaired) electrons. The summed E-state index contributed by atoms with van der Waals surface area (Å²) in [5.41, 5.74) is 2.40. The van der Waals surface area contributed by atoms with Crippen molar-refractivity contribution >= 4 is 27.9 Å². The number of esters is 2. The van der Waals surface area contributed by atoms with E-state index in [9.17, 15) is 27.9 Å². The zero-order valence-corrected chi connectivity index (χ0v) is 28.1. The minimum atomic E-state index is -3.88. The molecule has 2 N–H and O–H groups in total. The Hall–Kier alpha value is -3.84. The fraction of sp³-hybridized carbons (Fsp3) is 0.516. The zero-order valence-electron chi connectivity index (χ0n) is 27.3. The molecular weight excluding hydrogens is 594 g/mol. The molecule has 0 atom stereocenters. The van der Waals surface area contributed by atoms with Crippen molar-refractivity contribution in [3.8, 4) is 23.0 Å². The van der Waals surface area contributed by atoms with Crippen LogP contribution < -0.4 is 23.7 Å². The van der Waals surface area contributed by atoms with Crippen molar-refractivity contribution in [2.24, 2.45) is 0 Å². The lowest BCUT2D eigenvalue weighted by molar-refractivity contribution is -0.151. The van der Waals surface area contributed by atoms with E-state index in [2.05, 4.69) is 4.72 Å². The number of sulfonamides is 1. The Morgan fingerprint density at radius 1 is 0.750 bits per heavy atom. The second-order valence-electron chi connectivity index (χ2n) is 11.4. The number of rotatable bonds is 13. The second kappa shape index (κ2) is 14.3. The highest BCUT2D eigenvalue weighted by Crippen LogP contribution is 2.41. The van der Waals surface area contributed by atoms with Crippen LogP contribution in [-0.4, -0.2) is 70.2 Å². The van der Waals surface area contributed by atoms with E-state index in [0.717, 1.165) is 0 Å². The summed E-state index contributed by atoms with van der Waals surface area (Å²) in [6.45, 7) is 15.3. The minimum absolute atomic E-state index is 0.0000841. The number of benzene rings is 2. The van der Waals surface area contributed by atoms with E-state index in [0.29, 0.717) is 45.6 Å². The highest BCUT2D eigenvalue weighted by Gasteiger charge is 2.29. The molecule has 244 valence electrons. The average Bonchev–Trinajstić information content (AvgIpc) is 2.89. The van der Waals surface area contributed by atoms with Crippen molar-refractivity contribution in [3.05, 3.63) is 44.5 Å². The van der Waals surface area contributed by atoms with Crippen molar-refractivity contribution in [3.63, 3.8) is 0 Å². The lowest BCUT2D eigenvalue weighted by atomic mass is 9.96. The number of ether oxygens (including phenoxy) is 5. The summed E-state index contributed by atoms with van der Waals surface area (Å²) < 4.78 is 54.7. The largest absolute Gasteiger partial charge is 0.495 e. The molecule has 0 spiro atoms. The maximum absolute atomic E-state index is 13.6. The van der Waals surface area contributed by atoms with Crippen LogP contribution in [-0.2, 0) is 19.6 Å². The van der Waals surface area contributed by atoms with E-state index < -0.39 is 39.3 Å². The predicted octanol–water partition coefficient (Wildman–Crippen LogP) is 4.50. The number of nitrogens with one attached hydrogen (secondary N) is 1. The monoisotopic (exact) mass is 637 g/mol. The average molecular weight is 638 g/mol. The number of hydrogen-bond acceptors (Lipinski definition) is 10. The lowest BCUT2D eigenvalue weighted by Gasteiger charge is -2.22. The van der Waals surface area contributed by atoms with Crippen molar-refractivity contribution in [2.75, 3.05) is 33.1 Å². The molecule has 0 unspecified atom stereocenters. The van der Waals surface area contributed by atoms with Crippen LogP contribution in [0.15, 0.2) is 0 Å². The van der Waals surface area contributed by atoms with Crippen LogP contribution in [0.1, 0.15) is 81.3 Å². The first-order chi connectivity index (χ1) is 20.3. The minimum Gasteiger partial charge on any atom is -0.495 e. The van der Waals surface area contributed by atoms with Gasteiger partial charge in [-0.1, -0.05) is 0 Å². The lowest BCUT2D eigenvalue weighted by Crippen LogP contribution is -2.35. The van der Waals surface area contributed by atoms with E-state index in [-0.39, 0.29) is 41.5 Å². The number of aromatic carboxylic acids is 1. The molecule has 12 nitrogen and oxygen atoms in total. The zero-order chi connectivity index (χ0) is 33.7. The third-order valence-electron chi connectivity index (χ3n) is 7.01. The molecule has 0 aliphatic carbocycles. The number of hydrogen-bond donors (Lipinski definition) is 2. The molecule has 44 heavy (non-hydrogen) atoms. The first-order valence-corrected chi connectivity index (χ1v) is 15.6. The Bertz CT molecular complexity index is 1550. The smallest absolute Gasteiger partial charge is 0.347 e. The van der Waals surface area contributed by atoms with Gasteiger partial charge in [-0.15, -0.1) is 0 Å². The molecule has 0 bridgehead atoms. The van der Waals surface area contributed by atoms with Gasteiger partial charge in [0.1, 0.15) is 39.7 Å². The summed E-state index contributed by atoms with van der Waals surface area (Å²) in [6.07, 6.45) is 0.295. The van der Waals surface area contributed by atoms with Crippen LogP contribution in [0.2, 0.25) is 0 Å². The summed E-state index contributed by atoms with van der Waals surface area (Å²) in [6, 6.07) is 0. The van der Waals surface area contributed by atoms with Gasteiger partial charge < -0.3 is 28.8 Å². The first-order valence-electron chi connectivity index (χ1n) is 13.9. The number of methoxy groups -OCH3 is 2. The standard InChI is InChI=1S/C31H43NO11S/c1-16-19(4)26(21(6)27(39-10)23(16)29(34)35)42-30(36)24-17(2)18(3)25(20(5)28(24)40-11)41-14-12-13-32-44(37,38)15-22(33)43-31(7,8)9/h32H,12-15H2,1-11H3,(H,34,35). The van der Waals surface area contributed by atoms with E-state index in [4.69, 9.17) is 23.7 Å². The Labute approximate surface area is 259 Å². The molecule has 0 heterocycles. The molecule has 0 amide bonds. The molecule has 0 aliphatic heterocycles. The summed E-state index contributed by atoms with van der Waals surface area (Å²) >= 11 is 0. The van der Waals surface area contributed by atoms with E-state index in [1.54, 1.807) is 62.3 Å². The van der Waals surface area contributed by atoms with E-state index in [1.807, 2.05) is 0 Å². The molecule has 2 rings (SSSR count). The summed E-state index contributed by atoms with van der Waals surface area (Å²) in [7, 11) is -1.11. The summed E-state index contributed by atoms with van der Waals surface area (Å²) in [4.78, 5) is 37.4. The SMILES string of the molecule is COc1c(C)c(OC(=O)c2c(C)c(C)c(OCCCNS(=O)(=O)CC(=O)OC(C)(C)C)c(C)c2OC)c(C)c(C)c1C(=O)O. The molecule has 0 aliphatic rings. The predicted molar refractivity (Wildman–Crippen MR) is 164 cm³/mol. The van der Waals surface area contributed by atoms with Gasteiger partial charge in [0, 0.05) is 17.7 Å². The Morgan fingerprint density at radius 2 is 1.25 bits per heavy atom. The third kappa shape index (κ3) is 8.41. The van der Waals surface area contributed by atoms with Gasteiger partial charge in [-0.2, -0.15) is 0 Å². The van der Waals surface area contributed by atoms with Gasteiger partial charge in [-0.05, 0) is 91.0 Å². The Kier molecular flexibility index (Phi) is 11.8. The van der Waals surface area contributed by atoms with Crippen molar-refractivity contribution in [1.29, 1.82) is 0 Å². The topological polar surface area (TPSA) is 164 Å². The quantitative estimate of drug-likeness (QED) is 0.181. The van der Waals surface area contributed by atoms with Crippen molar-refractivity contribution < 1.29 is 51.6 Å². The van der Waals surface area contributed by atoms with Gasteiger partial charge in [-0.3, -0.25) is 4.79 Å². The van der Waals surface area contributed by atoms with Crippen LogP contribution in [0.4, 0.5) is 0 Å². The number of carboxylic acid groups (broad SMARTS) is 1. The highest BCUT2D eigenvalue weighted by atomic mass is 32.2. The maximum atomic E-state index is 13.6. The van der Waals surface area contributed by atoms with Crippen molar-refractivity contribution in [2.45, 2.75) is 74.3 Å². The fourth-order valence-corrected chi connectivity index (χ4v) is 5.70. The van der Waals surface area contributed by atoms with Gasteiger partial charge in [-0.25, -0.2) is 22.7 Å². The molecule has 2 aromatic rings. The van der Waals surface area contributed by atoms with E-state index >= 15 is 0 Å². The van der Waals surface area contributed by atoms with Gasteiger partial charge in [0.15, 0.2) is 5.75 Å². The molecule has 0 saturated heterocycles. The van der Waals surface area contributed by atoms with Crippen LogP contribution in [0, 0.1) is 41.5 Å². The fourth-order valence-electron chi connectivity index (χ4n) is 4.78. The van der Waals surface area contributed by atoms with E-state index in [1.165, 1.54) is 14.2 Å². The normalized spacial score (nSPS) is 11.6. The van der Waals surface area contributed by atoms with Gasteiger partial charge >= 0.3 is 17.9 Å². The van der Waals surface area contributed by atoms with Crippen LogP contribution in [0.25, 0.3) is 0 Å². The molecule has 2 aromatic carbocycles. The van der Waals surface area contributed by atoms with Crippen molar-refractivity contribution in [1.82, 2.24) is 4.72 Å². The van der Waals surface area contributed by atoms with Gasteiger partial charge in [0.25, 0.3) is 0 Å². The van der Waals surface area contributed by atoms with Gasteiger partial charge in [0.2, 0.25) is 10.0 Å². The molecule has 0 fully saturated rings. The Balaban J connectivity index is 2.26. The molecule has 13 heteroatoms. The molecular formula is C31H43NO11S. The first kappa shape index (κ1) is 36.4. The summed E-state index contributed by atoms with van der Waals surface area (Å²) in [5.74, 6) is -2.46. The second-order valence-corrected chi connectivity index (χ2v) is 13.2. The van der Waals surface area contributed by atoms with Crippen LogP contribution in [0.5, 0.6) is 23.0 Å². The maximum Gasteiger partial charge on any atom is 0.347 e. The third-order valence-corrected chi connectivity index (χ3v) is 8.27. The summed E-state index contributed by atoms with van der Waals surface area (Å²) in [5, 5.41) is 9.70. The van der Waals surface area contributed by atoms with Crippen LogP contribution in [0.3, 0.4) is 0 Å². The highest BCUT2D eigenvalue weighted by molar-refractivity contribution is 7.90. The number of carbonyl (C=O) groups excluding carboxylic acids is 2. The van der Waals surface area contributed by atoms with Gasteiger partial charge in [0.05, 0.1) is 20.8 Å². The number of carbonyl (C=O) groups is 3.